The van der Waals surface area contributed by atoms with Gasteiger partial charge in [0.05, 0.1) is 17.3 Å². The van der Waals surface area contributed by atoms with E-state index in [1.807, 2.05) is 6.07 Å². The maximum atomic E-state index is 11.8. The first kappa shape index (κ1) is 12.4. The number of hydrogen-bond acceptors (Lipinski definition) is 4. The highest BCUT2D eigenvalue weighted by Gasteiger charge is 2.30. The third-order valence-corrected chi connectivity index (χ3v) is 3.65. The van der Waals surface area contributed by atoms with Gasteiger partial charge in [0.2, 0.25) is 0 Å². The highest BCUT2D eigenvalue weighted by atomic mass is 79.9. The summed E-state index contributed by atoms with van der Waals surface area (Å²) in [6.45, 7) is 0.877. The standard InChI is InChI=1S/C12H15BrN2O2/c1-17-12(16)11-4-2-3-7-15(11)10-5-6-14-8-9(10)13/h5-6,8,11H,2-4,7H2,1H3. The zero-order valence-corrected chi connectivity index (χ0v) is 11.3. The first-order valence-electron chi connectivity index (χ1n) is 5.68. The van der Waals surface area contributed by atoms with Gasteiger partial charge in [-0.1, -0.05) is 0 Å². The molecule has 4 nitrogen and oxygen atoms in total. The summed E-state index contributed by atoms with van der Waals surface area (Å²) in [6, 6.07) is 1.75. The number of ether oxygens (including phenoxy) is 1. The van der Waals surface area contributed by atoms with Crippen LogP contribution in [0.4, 0.5) is 5.69 Å². The van der Waals surface area contributed by atoms with Crippen LogP contribution in [-0.4, -0.2) is 30.6 Å². The SMILES string of the molecule is COC(=O)C1CCCCN1c1ccncc1Br. The number of aromatic nitrogens is 1. The van der Waals surface area contributed by atoms with Crippen molar-refractivity contribution in [2.75, 3.05) is 18.6 Å². The average Bonchev–Trinajstić information content (AvgIpc) is 2.38. The van der Waals surface area contributed by atoms with E-state index in [2.05, 4.69) is 25.8 Å². The van der Waals surface area contributed by atoms with Crippen LogP contribution in [0, 0.1) is 0 Å². The lowest BCUT2D eigenvalue weighted by atomic mass is 10.0. The van der Waals surface area contributed by atoms with Gasteiger partial charge < -0.3 is 9.64 Å². The molecule has 1 aromatic heterocycles. The van der Waals surface area contributed by atoms with Crippen molar-refractivity contribution in [1.82, 2.24) is 4.98 Å². The normalized spacial score (nSPS) is 20.1. The summed E-state index contributed by atoms with van der Waals surface area (Å²) in [6.07, 6.45) is 6.50. The molecule has 2 rings (SSSR count). The number of pyridine rings is 1. The lowest BCUT2D eigenvalue weighted by Gasteiger charge is -2.36. The molecule has 1 saturated heterocycles. The van der Waals surface area contributed by atoms with Gasteiger partial charge in [-0.3, -0.25) is 4.98 Å². The van der Waals surface area contributed by atoms with Gasteiger partial charge in [-0.05, 0) is 41.3 Å². The molecule has 0 N–H and O–H groups in total. The second-order valence-electron chi connectivity index (χ2n) is 4.06. The third kappa shape index (κ3) is 2.60. The molecule has 0 amide bonds. The summed E-state index contributed by atoms with van der Waals surface area (Å²) in [4.78, 5) is 17.9. The van der Waals surface area contributed by atoms with Crippen LogP contribution in [-0.2, 0) is 9.53 Å². The zero-order valence-electron chi connectivity index (χ0n) is 9.73. The van der Waals surface area contributed by atoms with E-state index in [0.717, 1.165) is 36.0 Å². The fourth-order valence-electron chi connectivity index (χ4n) is 2.20. The minimum absolute atomic E-state index is 0.159. The quantitative estimate of drug-likeness (QED) is 0.786. The van der Waals surface area contributed by atoms with E-state index in [0.29, 0.717) is 0 Å². The molecular formula is C12H15BrN2O2. The number of nitrogens with zero attached hydrogens (tertiary/aromatic N) is 2. The van der Waals surface area contributed by atoms with Crippen LogP contribution in [0.1, 0.15) is 19.3 Å². The van der Waals surface area contributed by atoms with E-state index in [9.17, 15) is 4.79 Å². The smallest absolute Gasteiger partial charge is 0.328 e. The van der Waals surface area contributed by atoms with E-state index in [-0.39, 0.29) is 12.0 Å². The van der Waals surface area contributed by atoms with Crippen LogP contribution in [0.5, 0.6) is 0 Å². The van der Waals surface area contributed by atoms with Crippen molar-refractivity contribution in [2.45, 2.75) is 25.3 Å². The third-order valence-electron chi connectivity index (χ3n) is 3.04. The molecule has 2 heterocycles. The molecule has 1 aliphatic heterocycles. The van der Waals surface area contributed by atoms with Gasteiger partial charge in [0.15, 0.2) is 0 Å². The second kappa shape index (κ2) is 5.49. The monoisotopic (exact) mass is 298 g/mol. The number of methoxy groups -OCH3 is 1. The topological polar surface area (TPSA) is 42.4 Å². The van der Waals surface area contributed by atoms with Crippen LogP contribution in [0.15, 0.2) is 22.9 Å². The molecule has 5 heteroatoms. The van der Waals surface area contributed by atoms with Crippen LogP contribution < -0.4 is 4.90 Å². The van der Waals surface area contributed by atoms with Crippen LogP contribution in [0.3, 0.4) is 0 Å². The Bertz CT molecular complexity index is 411. The van der Waals surface area contributed by atoms with Crippen molar-refractivity contribution >= 4 is 27.6 Å². The summed E-state index contributed by atoms with van der Waals surface area (Å²) < 4.78 is 5.78. The molecule has 1 aromatic rings. The minimum Gasteiger partial charge on any atom is -0.467 e. The molecular weight excluding hydrogens is 284 g/mol. The minimum atomic E-state index is -0.174. The Hall–Kier alpha value is -1.10. The fourth-order valence-corrected chi connectivity index (χ4v) is 2.68. The van der Waals surface area contributed by atoms with Crippen molar-refractivity contribution in [3.8, 4) is 0 Å². The van der Waals surface area contributed by atoms with Crippen molar-refractivity contribution in [3.05, 3.63) is 22.9 Å². The second-order valence-corrected chi connectivity index (χ2v) is 4.91. The summed E-state index contributed by atoms with van der Waals surface area (Å²) in [5.41, 5.74) is 1.01. The molecule has 1 atom stereocenters. The van der Waals surface area contributed by atoms with Crippen molar-refractivity contribution < 1.29 is 9.53 Å². The highest BCUT2D eigenvalue weighted by Crippen LogP contribution is 2.30. The molecule has 1 aliphatic rings. The number of piperidine rings is 1. The molecule has 0 spiro atoms. The number of rotatable bonds is 2. The van der Waals surface area contributed by atoms with Gasteiger partial charge in [0.1, 0.15) is 6.04 Å². The van der Waals surface area contributed by atoms with Crippen LogP contribution in [0.2, 0.25) is 0 Å². The molecule has 1 unspecified atom stereocenters. The van der Waals surface area contributed by atoms with Gasteiger partial charge in [-0.25, -0.2) is 4.79 Å². The number of esters is 1. The van der Waals surface area contributed by atoms with E-state index < -0.39 is 0 Å². The number of carbonyl (C=O) groups is 1. The average molecular weight is 299 g/mol. The molecule has 92 valence electrons. The number of hydrogen-bond donors (Lipinski definition) is 0. The molecule has 0 radical (unpaired) electrons. The Labute approximate surface area is 109 Å². The first-order valence-corrected chi connectivity index (χ1v) is 6.47. The van der Waals surface area contributed by atoms with E-state index in [1.54, 1.807) is 12.4 Å². The Morgan fingerprint density at radius 2 is 2.41 bits per heavy atom. The van der Waals surface area contributed by atoms with E-state index in [1.165, 1.54) is 7.11 Å². The molecule has 0 aromatic carbocycles. The molecule has 0 aliphatic carbocycles. The Morgan fingerprint density at radius 1 is 1.59 bits per heavy atom. The van der Waals surface area contributed by atoms with Gasteiger partial charge in [0, 0.05) is 18.9 Å². The van der Waals surface area contributed by atoms with Crippen molar-refractivity contribution in [2.24, 2.45) is 0 Å². The van der Waals surface area contributed by atoms with Crippen LogP contribution in [0.25, 0.3) is 0 Å². The molecule has 17 heavy (non-hydrogen) atoms. The molecule has 0 saturated carbocycles. The summed E-state index contributed by atoms with van der Waals surface area (Å²) in [5, 5.41) is 0. The summed E-state index contributed by atoms with van der Waals surface area (Å²) in [7, 11) is 1.44. The predicted octanol–water partition coefficient (Wildman–Crippen LogP) is 2.38. The van der Waals surface area contributed by atoms with Crippen molar-refractivity contribution in [3.63, 3.8) is 0 Å². The number of halogens is 1. The number of carbonyl (C=O) groups excluding carboxylic acids is 1. The van der Waals surface area contributed by atoms with Gasteiger partial charge >= 0.3 is 5.97 Å². The maximum absolute atomic E-state index is 11.8. The maximum Gasteiger partial charge on any atom is 0.328 e. The Morgan fingerprint density at radius 3 is 3.12 bits per heavy atom. The van der Waals surface area contributed by atoms with Crippen molar-refractivity contribution in [1.29, 1.82) is 0 Å². The zero-order chi connectivity index (χ0) is 12.3. The first-order chi connectivity index (χ1) is 8.24. The highest BCUT2D eigenvalue weighted by molar-refractivity contribution is 9.10. The van der Waals surface area contributed by atoms with Gasteiger partial charge in [0.25, 0.3) is 0 Å². The van der Waals surface area contributed by atoms with Crippen LogP contribution >= 0.6 is 15.9 Å². The Balaban J connectivity index is 2.28. The summed E-state index contributed by atoms with van der Waals surface area (Å²) in [5.74, 6) is -0.159. The van der Waals surface area contributed by atoms with Gasteiger partial charge in [-0.15, -0.1) is 0 Å². The lowest BCUT2D eigenvalue weighted by Crippen LogP contribution is -2.45. The lowest BCUT2D eigenvalue weighted by molar-refractivity contribution is -0.142. The van der Waals surface area contributed by atoms with E-state index >= 15 is 0 Å². The van der Waals surface area contributed by atoms with E-state index in [4.69, 9.17) is 4.74 Å². The fraction of sp³-hybridized carbons (Fsp3) is 0.500. The van der Waals surface area contributed by atoms with Gasteiger partial charge in [-0.2, -0.15) is 0 Å². The largest absolute Gasteiger partial charge is 0.467 e. The molecule has 1 fully saturated rings. The molecule has 0 bridgehead atoms. The predicted molar refractivity (Wildman–Crippen MR) is 68.9 cm³/mol. The Kier molecular flexibility index (Phi) is 3.99. The number of anilines is 1. The summed E-state index contributed by atoms with van der Waals surface area (Å²) >= 11 is 3.47.